The quantitative estimate of drug-likeness (QED) is 0.431. The van der Waals surface area contributed by atoms with E-state index in [1.54, 1.807) is 19.2 Å². The summed E-state index contributed by atoms with van der Waals surface area (Å²) in [7, 11) is 1.73. The van der Waals surface area contributed by atoms with E-state index in [9.17, 15) is 18.0 Å². The van der Waals surface area contributed by atoms with Gasteiger partial charge in [0.15, 0.2) is 5.96 Å². The maximum absolute atomic E-state index is 12.7. The van der Waals surface area contributed by atoms with Crippen LogP contribution in [-0.2, 0) is 17.5 Å². The van der Waals surface area contributed by atoms with E-state index in [1.165, 1.54) is 0 Å². The van der Waals surface area contributed by atoms with Crippen molar-refractivity contribution < 1.29 is 18.0 Å². The predicted molar refractivity (Wildman–Crippen MR) is 112 cm³/mol. The van der Waals surface area contributed by atoms with Gasteiger partial charge in [0.1, 0.15) is 0 Å². The number of piperazine rings is 1. The second-order valence-electron chi connectivity index (χ2n) is 8.44. The molecule has 0 bridgehead atoms. The van der Waals surface area contributed by atoms with Crippen molar-refractivity contribution in [2.45, 2.75) is 33.5 Å². The molecule has 9 heteroatoms. The summed E-state index contributed by atoms with van der Waals surface area (Å²) in [6.45, 7) is 10.5. The molecule has 1 saturated heterocycles. The highest BCUT2D eigenvalue weighted by Crippen LogP contribution is 2.29. The molecule has 168 valence electrons. The van der Waals surface area contributed by atoms with Crippen LogP contribution >= 0.6 is 0 Å². The second-order valence-corrected chi connectivity index (χ2v) is 8.44. The highest BCUT2D eigenvalue weighted by molar-refractivity contribution is 5.82. The molecule has 0 atom stereocenters. The predicted octanol–water partition coefficient (Wildman–Crippen LogP) is 2.56. The number of hydrogen-bond donors (Lipinski definition) is 2. The van der Waals surface area contributed by atoms with Crippen LogP contribution in [0.5, 0.6) is 0 Å². The fraction of sp³-hybridized carbons (Fsp3) is 0.619. The molecule has 0 aliphatic carbocycles. The van der Waals surface area contributed by atoms with E-state index in [4.69, 9.17) is 0 Å². The molecule has 1 amide bonds. The lowest BCUT2D eigenvalue weighted by atomic mass is 9.96. The molecule has 1 aliphatic heterocycles. The second kappa shape index (κ2) is 10.1. The van der Waals surface area contributed by atoms with Crippen LogP contribution in [0.1, 0.15) is 31.9 Å². The first kappa shape index (κ1) is 24.0. The highest BCUT2D eigenvalue weighted by atomic mass is 19.4. The first-order chi connectivity index (χ1) is 14.0. The van der Waals surface area contributed by atoms with Crippen LogP contribution < -0.4 is 10.6 Å². The molecule has 30 heavy (non-hydrogen) atoms. The Labute approximate surface area is 176 Å². The Hall–Kier alpha value is -2.29. The third-order valence-corrected chi connectivity index (χ3v) is 4.95. The summed E-state index contributed by atoms with van der Waals surface area (Å²) in [5.74, 6) is 0.797. The maximum Gasteiger partial charge on any atom is 0.416 e. The fourth-order valence-electron chi connectivity index (χ4n) is 3.12. The lowest BCUT2D eigenvalue weighted by molar-refractivity contribution is -0.137. The van der Waals surface area contributed by atoms with E-state index in [0.29, 0.717) is 19.6 Å². The molecule has 0 unspecified atom stereocenters. The Kier molecular flexibility index (Phi) is 8.11. The largest absolute Gasteiger partial charge is 0.416 e. The number of carbonyl (C=O) groups is 1. The number of halogens is 3. The molecule has 1 fully saturated rings. The van der Waals surface area contributed by atoms with E-state index in [0.717, 1.165) is 49.8 Å². The van der Waals surface area contributed by atoms with Crippen molar-refractivity contribution in [1.29, 1.82) is 0 Å². The van der Waals surface area contributed by atoms with Crippen molar-refractivity contribution in [2.24, 2.45) is 10.4 Å². The minimum Gasteiger partial charge on any atom is -0.354 e. The molecule has 0 aromatic heterocycles. The highest BCUT2D eigenvalue weighted by Gasteiger charge is 2.30. The van der Waals surface area contributed by atoms with Gasteiger partial charge in [-0.25, -0.2) is 0 Å². The van der Waals surface area contributed by atoms with Crippen LogP contribution in [0, 0.1) is 5.41 Å². The minimum absolute atomic E-state index is 0.0103. The van der Waals surface area contributed by atoms with Crippen molar-refractivity contribution >= 4 is 11.9 Å². The van der Waals surface area contributed by atoms with Gasteiger partial charge in [0.05, 0.1) is 5.56 Å². The third-order valence-electron chi connectivity index (χ3n) is 4.95. The molecule has 0 spiro atoms. The normalized spacial score (nSPS) is 16.5. The fourth-order valence-corrected chi connectivity index (χ4v) is 3.12. The zero-order chi connectivity index (χ0) is 22.4. The van der Waals surface area contributed by atoms with E-state index in [1.807, 2.05) is 20.8 Å². The summed E-state index contributed by atoms with van der Waals surface area (Å²) in [6, 6.07) is 5.36. The van der Waals surface area contributed by atoms with Crippen LogP contribution in [0.25, 0.3) is 0 Å². The number of amides is 1. The topological polar surface area (TPSA) is 60.0 Å². The monoisotopic (exact) mass is 427 g/mol. The van der Waals surface area contributed by atoms with Gasteiger partial charge in [-0.15, -0.1) is 0 Å². The number of carbonyl (C=O) groups excluding carboxylic acids is 1. The third kappa shape index (κ3) is 7.19. The van der Waals surface area contributed by atoms with Crippen molar-refractivity contribution in [3.8, 4) is 0 Å². The van der Waals surface area contributed by atoms with E-state index < -0.39 is 17.2 Å². The van der Waals surface area contributed by atoms with Gasteiger partial charge in [-0.3, -0.25) is 14.7 Å². The number of nitrogens with zero attached hydrogens (tertiary/aromatic N) is 3. The Bertz CT molecular complexity index is 718. The molecule has 0 radical (unpaired) electrons. The van der Waals surface area contributed by atoms with E-state index in [-0.39, 0.29) is 5.91 Å². The van der Waals surface area contributed by atoms with E-state index >= 15 is 0 Å². The average molecular weight is 428 g/mol. The van der Waals surface area contributed by atoms with Crippen LogP contribution in [-0.4, -0.2) is 68.0 Å². The van der Waals surface area contributed by atoms with Crippen LogP contribution in [0.2, 0.25) is 0 Å². The number of hydrogen-bond acceptors (Lipinski definition) is 3. The first-order valence-electron chi connectivity index (χ1n) is 10.1. The molecular weight excluding hydrogens is 395 g/mol. The van der Waals surface area contributed by atoms with Gasteiger partial charge >= 0.3 is 6.18 Å². The van der Waals surface area contributed by atoms with Crippen LogP contribution in [0.4, 0.5) is 13.2 Å². The Morgan fingerprint density at radius 1 is 1.00 bits per heavy atom. The van der Waals surface area contributed by atoms with Crippen molar-refractivity contribution in [3.63, 3.8) is 0 Å². The van der Waals surface area contributed by atoms with Gasteiger partial charge in [-0.2, -0.15) is 13.2 Å². The average Bonchev–Trinajstić information content (AvgIpc) is 2.68. The van der Waals surface area contributed by atoms with Gasteiger partial charge in [0, 0.05) is 58.3 Å². The zero-order valence-corrected chi connectivity index (χ0v) is 18.1. The number of nitrogens with one attached hydrogen (secondary N) is 2. The Morgan fingerprint density at radius 3 is 2.07 bits per heavy atom. The maximum atomic E-state index is 12.7. The first-order valence-corrected chi connectivity index (χ1v) is 10.1. The molecule has 2 rings (SSSR count). The molecule has 1 aromatic carbocycles. The van der Waals surface area contributed by atoms with Crippen molar-refractivity contribution in [3.05, 3.63) is 35.4 Å². The number of alkyl halides is 3. The summed E-state index contributed by atoms with van der Waals surface area (Å²) >= 11 is 0. The van der Waals surface area contributed by atoms with Gasteiger partial charge in [0.2, 0.25) is 5.91 Å². The zero-order valence-electron chi connectivity index (χ0n) is 18.1. The number of benzene rings is 1. The molecule has 1 aliphatic rings. The Balaban J connectivity index is 1.75. The smallest absolute Gasteiger partial charge is 0.354 e. The summed E-state index contributed by atoms with van der Waals surface area (Å²) < 4.78 is 38.0. The van der Waals surface area contributed by atoms with Crippen LogP contribution in [0.15, 0.2) is 29.3 Å². The minimum atomic E-state index is -4.30. The van der Waals surface area contributed by atoms with E-state index in [2.05, 4.69) is 25.4 Å². The summed E-state index contributed by atoms with van der Waals surface area (Å²) in [5, 5.41) is 6.17. The van der Waals surface area contributed by atoms with Crippen molar-refractivity contribution in [1.82, 2.24) is 20.4 Å². The van der Waals surface area contributed by atoms with Crippen LogP contribution in [0.3, 0.4) is 0 Å². The number of guanidine groups is 1. The Morgan fingerprint density at radius 2 is 1.57 bits per heavy atom. The lowest BCUT2D eigenvalue weighted by Crippen LogP contribution is -2.53. The number of rotatable bonds is 5. The standard InChI is InChI=1S/C21H32F3N5O/c1-20(2,3)18(30)26-9-10-27-19(25-4)29-13-11-28(12-14-29)15-16-5-7-17(8-6-16)21(22,23)24/h5-8H,9-15H2,1-4H3,(H,25,27)(H,26,30). The van der Waals surface area contributed by atoms with Gasteiger partial charge < -0.3 is 15.5 Å². The molecule has 1 heterocycles. The molecule has 0 saturated carbocycles. The number of aliphatic imine (C=N–C) groups is 1. The van der Waals surface area contributed by atoms with Gasteiger partial charge in [-0.05, 0) is 17.7 Å². The molecule has 6 nitrogen and oxygen atoms in total. The molecular formula is C21H32F3N5O. The molecule has 1 aromatic rings. The summed E-state index contributed by atoms with van der Waals surface area (Å²) in [4.78, 5) is 20.6. The summed E-state index contributed by atoms with van der Waals surface area (Å²) in [5.41, 5.74) is -0.163. The van der Waals surface area contributed by atoms with Crippen molar-refractivity contribution in [2.75, 3.05) is 46.3 Å². The lowest BCUT2D eigenvalue weighted by Gasteiger charge is -2.36. The molecule has 2 N–H and O–H groups in total. The summed E-state index contributed by atoms with van der Waals surface area (Å²) in [6.07, 6.45) is -4.30. The van der Waals surface area contributed by atoms with Gasteiger partial charge in [0.25, 0.3) is 0 Å². The van der Waals surface area contributed by atoms with Gasteiger partial charge in [-0.1, -0.05) is 32.9 Å². The SMILES string of the molecule is CN=C(NCCNC(=O)C(C)(C)C)N1CCN(Cc2ccc(C(F)(F)F)cc2)CC1.